The topological polar surface area (TPSA) is 29.5 Å². The smallest absolute Gasteiger partial charge is 0.133 e. The van der Waals surface area contributed by atoms with Crippen molar-refractivity contribution < 1.29 is 9.84 Å². The molecular formula is C16H16Br2O2. The molecular weight excluding hydrogens is 384 g/mol. The van der Waals surface area contributed by atoms with Crippen molar-refractivity contribution in [3.8, 4) is 5.75 Å². The number of hydrogen-bond acceptors (Lipinski definition) is 2. The lowest BCUT2D eigenvalue weighted by Gasteiger charge is -2.15. The van der Waals surface area contributed by atoms with Gasteiger partial charge in [0.05, 0.1) is 11.1 Å². The minimum atomic E-state index is -0.670. The molecule has 0 aliphatic heterocycles. The summed E-state index contributed by atoms with van der Waals surface area (Å²) >= 11 is 6.96. The lowest BCUT2D eigenvalue weighted by molar-refractivity contribution is 0.219. The Kier molecular flexibility index (Phi) is 5.24. The summed E-state index contributed by atoms with van der Waals surface area (Å²) in [7, 11) is 0. The van der Waals surface area contributed by atoms with Crippen LogP contribution in [0.15, 0.2) is 45.3 Å². The number of benzene rings is 2. The fraction of sp³-hybridized carbons (Fsp3) is 0.250. The minimum Gasteiger partial charge on any atom is -0.493 e. The van der Waals surface area contributed by atoms with E-state index < -0.39 is 6.10 Å². The van der Waals surface area contributed by atoms with Crippen LogP contribution in [0.1, 0.15) is 29.7 Å². The van der Waals surface area contributed by atoms with Gasteiger partial charge in [-0.15, -0.1) is 0 Å². The molecule has 1 N–H and O–H groups in total. The highest BCUT2D eigenvalue weighted by Gasteiger charge is 2.15. The molecule has 0 aromatic heterocycles. The van der Waals surface area contributed by atoms with Gasteiger partial charge in [-0.3, -0.25) is 0 Å². The fourth-order valence-electron chi connectivity index (χ4n) is 2.01. The Hall–Kier alpha value is -0.840. The normalized spacial score (nSPS) is 12.2. The van der Waals surface area contributed by atoms with Gasteiger partial charge < -0.3 is 9.84 Å². The lowest BCUT2D eigenvalue weighted by Crippen LogP contribution is -2.02. The molecule has 0 fully saturated rings. The highest BCUT2D eigenvalue weighted by Crippen LogP contribution is 2.33. The van der Waals surface area contributed by atoms with Crippen molar-refractivity contribution in [1.82, 2.24) is 0 Å². The van der Waals surface area contributed by atoms with Crippen LogP contribution in [0.25, 0.3) is 0 Å². The molecule has 0 heterocycles. The summed E-state index contributed by atoms with van der Waals surface area (Å²) in [6.07, 6.45) is -0.670. The van der Waals surface area contributed by atoms with Crippen molar-refractivity contribution in [1.29, 1.82) is 0 Å². The zero-order chi connectivity index (χ0) is 14.7. The molecule has 0 amide bonds. The highest BCUT2D eigenvalue weighted by molar-refractivity contribution is 9.10. The van der Waals surface area contributed by atoms with Crippen molar-refractivity contribution in [2.75, 3.05) is 6.61 Å². The van der Waals surface area contributed by atoms with Gasteiger partial charge in [-0.05, 0) is 59.1 Å². The van der Waals surface area contributed by atoms with Crippen molar-refractivity contribution >= 4 is 31.9 Å². The van der Waals surface area contributed by atoms with E-state index in [1.807, 2.05) is 50.2 Å². The first-order valence-electron chi connectivity index (χ1n) is 6.39. The third-order valence-corrected chi connectivity index (χ3v) is 4.36. The Morgan fingerprint density at radius 2 is 1.85 bits per heavy atom. The average Bonchev–Trinajstić information content (AvgIpc) is 2.43. The van der Waals surface area contributed by atoms with Crippen LogP contribution in [0, 0.1) is 6.92 Å². The Bertz CT molecular complexity index is 611. The lowest BCUT2D eigenvalue weighted by atomic mass is 10.00. The number of rotatable bonds is 4. The molecule has 0 aliphatic carbocycles. The fourth-order valence-corrected chi connectivity index (χ4v) is 2.99. The largest absolute Gasteiger partial charge is 0.493 e. The predicted molar refractivity (Wildman–Crippen MR) is 88.3 cm³/mol. The summed E-state index contributed by atoms with van der Waals surface area (Å²) in [5.41, 5.74) is 2.81. The molecule has 0 bridgehead atoms. The van der Waals surface area contributed by atoms with Crippen LogP contribution >= 0.6 is 31.9 Å². The number of halogens is 2. The number of aliphatic hydroxyl groups excluding tert-OH is 1. The quantitative estimate of drug-likeness (QED) is 0.783. The standard InChI is InChI=1S/C16H16Br2O2/c1-3-20-15-7-5-11(9-14(15)18)16(19)12-8-10(2)4-6-13(12)17/h4-9,16,19H,3H2,1-2H3. The van der Waals surface area contributed by atoms with Gasteiger partial charge >= 0.3 is 0 Å². The van der Waals surface area contributed by atoms with E-state index in [9.17, 15) is 5.11 Å². The first-order valence-corrected chi connectivity index (χ1v) is 7.98. The predicted octanol–water partition coefficient (Wildman–Crippen LogP) is 5.00. The molecule has 106 valence electrons. The maximum Gasteiger partial charge on any atom is 0.133 e. The summed E-state index contributed by atoms with van der Waals surface area (Å²) in [5, 5.41) is 10.6. The van der Waals surface area contributed by atoms with Crippen molar-refractivity contribution in [3.05, 3.63) is 62.0 Å². The Balaban J connectivity index is 2.35. The average molecular weight is 400 g/mol. The molecule has 0 aliphatic rings. The Morgan fingerprint density at radius 3 is 2.50 bits per heavy atom. The van der Waals surface area contributed by atoms with Crippen LogP contribution in [-0.2, 0) is 0 Å². The van der Waals surface area contributed by atoms with Crippen LogP contribution < -0.4 is 4.74 Å². The molecule has 2 nitrogen and oxygen atoms in total. The van der Waals surface area contributed by atoms with E-state index in [1.54, 1.807) is 0 Å². The van der Waals surface area contributed by atoms with Gasteiger partial charge in [0.25, 0.3) is 0 Å². The highest BCUT2D eigenvalue weighted by atomic mass is 79.9. The van der Waals surface area contributed by atoms with E-state index in [-0.39, 0.29) is 0 Å². The summed E-state index contributed by atoms with van der Waals surface area (Å²) in [4.78, 5) is 0. The maximum atomic E-state index is 10.6. The molecule has 2 aromatic rings. The molecule has 2 rings (SSSR count). The van der Waals surface area contributed by atoms with Crippen LogP contribution in [0.3, 0.4) is 0 Å². The van der Waals surface area contributed by atoms with E-state index >= 15 is 0 Å². The first kappa shape index (κ1) is 15.5. The van der Waals surface area contributed by atoms with Crippen molar-refractivity contribution in [2.24, 2.45) is 0 Å². The van der Waals surface area contributed by atoms with E-state index in [0.29, 0.717) is 6.61 Å². The van der Waals surface area contributed by atoms with Crippen molar-refractivity contribution in [3.63, 3.8) is 0 Å². The summed E-state index contributed by atoms with van der Waals surface area (Å²) in [6, 6.07) is 11.6. The van der Waals surface area contributed by atoms with Gasteiger partial charge in [0, 0.05) is 4.47 Å². The van der Waals surface area contributed by atoms with Crippen molar-refractivity contribution in [2.45, 2.75) is 20.0 Å². The second-order valence-corrected chi connectivity index (χ2v) is 6.26. The van der Waals surface area contributed by atoms with E-state index in [1.165, 1.54) is 0 Å². The van der Waals surface area contributed by atoms with Crippen LogP contribution in [-0.4, -0.2) is 11.7 Å². The summed E-state index contributed by atoms with van der Waals surface area (Å²) in [6.45, 7) is 4.57. The molecule has 0 radical (unpaired) electrons. The third kappa shape index (κ3) is 3.43. The first-order chi connectivity index (χ1) is 9.52. The van der Waals surface area contributed by atoms with Crippen LogP contribution in [0.4, 0.5) is 0 Å². The molecule has 0 spiro atoms. The number of aryl methyl sites for hydroxylation is 1. The molecule has 2 aromatic carbocycles. The van der Waals surface area contributed by atoms with Gasteiger partial charge in [-0.1, -0.05) is 39.7 Å². The number of aliphatic hydroxyl groups is 1. The molecule has 4 heteroatoms. The second kappa shape index (κ2) is 6.74. The van der Waals surface area contributed by atoms with E-state index in [4.69, 9.17) is 4.74 Å². The maximum absolute atomic E-state index is 10.6. The Morgan fingerprint density at radius 1 is 1.10 bits per heavy atom. The van der Waals surface area contributed by atoms with Gasteiger partial charge in [0.2, 0.25) is 0 Å². The summed E-state index contributed by atoms with van der Waals surface area (Å²) in [5.74, 6) is 0.784. The second-order valence-electron chi connectivity index (χ2n) is 4.55. The molecule has 1 atom stereocenters. The minimum absolute atomic E-state index is 0.615. The molecule has 0 saturated carbocycles. The van der Waals surface area contributed by atoms with E-state index in [2.05, 4.69) is 31.9 Å². The number of ether oxygens (including phenoxy) is 1. The monoisotopic (exact) mass is 398 g/mol. The van der Waals surface area contributed by atoms with Gasteiger partial charge in [0.1, 0.15) is 11.9 Å². The number of hydrogen-bond donors (Lipinski definition) is 1. The zero-order valence-electron chi connectivity index (χ0n) is 11.4. The van der Waals surface area contributed by atoms with Crippen LogP contribution in [0.2, 0.25) is 0 Å². The third-order valence-electron chi connectivity index (χ3n) is 3.02. The Labute approximate surface area is 136 Å². The molecule has 1 unspecified atom stereocenters. The molecule has 0 saturated heterocycles. The van der Waals surface area contributed by atoms with E-state index in [0.717, 1.165) is 31.4 Å². The summed E-state index contributed by atoms with van der Waals surface area (Å²) < 4.78 is 7.23. The molecule has 20 heavy (non-hydrogen) atoms. The van der Waals surface area contributed by atoms with Gasteiger partial charge in [-0.25, -0.2) is 0 Å². The SMILES string of the molecule is CCOc1ccc(C(O)c2cc(C)ccc2Br)cc1Br. The van der Waals surface area contributed by atoms with Gasteiger partial charge in [0.15, 0.2) is 0 Å². The van der Waals surface area contributed by atoms with Gasteiger partial charge in [-0.2, -0.15) is 0 Å². The van der Waals surface area contributed by atoms with Crippen LogP contribution in [0.5, 0.6) is 5.75 Å². The zero-order valence-corrected chi connectivity index (χ0v) is 14.5.